The van der Waals surface area contributed by atoms with Gasteiger partial charge in [-0.1, -0.05) is 18.2 Å². The Morgan fingerprint density at radius 2 is 1.96 bits per heavy atom. The maximum absolute atomic E-state index is 12.5. The van der Waals surface area contributed by atoms with E-state index in [-0.39, 0.29) is 12.0 Å². The summed E-state index contributed by atoms with van der Waals surface area (Å²) >= 11 is 0. The summed E-state index contributed by atoms with van der Waals surface area (Å²) < 4.78 is 5.64. The van der Waals surface area contributed by atoms with E-state index in [1.807, 2.05) is 44.2 Å². The summed E-state index contributed by atoms with van der Waals surface area (Å²) in [5.41, 5.74) is 1.68. The summed E-state index contributed by atoms with van der Waals surface area (Å²) in [4.78, 5) is 16.9. The number of pyridine rings is 1. The number of nitrogens with one attached hydrogen (secondary N) is 1. The minimum absolute atomic E-state index is 0.0981. The molecule has 0 spiro atoms. The number of rotatable bonds is 7. The summed E-state index contributed by atoms with van der Waals surface area (Å²) in [7, 11) is 0. The predicted octanol–water partition coefficient (Wildman–Crippen LogP) is 3.26. The van der Waals surface area contributed by atoms with Crippen molar-refractivity contribution in [2.75, 3.05) is 6.54 Å². The molecule has 0 unspecified atom stereocenters. The van der Waals surface area contributed by atoms with Crippen molar-refractivity contribution in [1.29, 1.82) is 0 Å². The average Bonchev–Trinajstić information content (AvgIpc) is 3.39. The number of carbonyl (C=O) groups excluding carboxylic acids is 1. The Morgan fingerprint density at radius 1 is 1.21 bits per heavy atom. The Bertz CT molecular complexity index is 677. The molecule has 24 heavy (non-hydrogen) atoms. The van der Waals surface area contributed by atoms with E-state index in [1.165, 1.54) is 5.56 Å². The Balaban J connectivity index is 1.51. The molecule has 0 radical (unpaired) electrons. The molecule has 0 bridgehead atoms. The normalized spacial score (nSPS) is 15.1. The molecule has 1 saturated carbocycles. The summed E-state index contributed by atoms with van der Waals surface area (Å²) in [5.74, 6) is 0.978. The van der Waals surface area contributed by atoms with Gasteiger partial charge in [-0.25, -0.2) is 0 Å². The molecule has 3 rings (SSSR count). The maximum atomic E-state index is 12.5. The highest BCUT2D eigenvalue weighted by Crippen LogP contribution is 2.47. The van der Waals surface area contributed by atoms with Crippen molar-refractivity contribution in [3.8, 4) is 5.75 Å². The van der Waals surface area contributed by atoms with Gasteiger partial charge >= 0.3 is 0 Å². The van der Waals surface area contributed by atoms with Crippen LogP contribution < -0.4 is 10.1 Å². The first-order valence-electron chi connectivity index (χ1n) is 8.55. The third-order valence-corrected chi connectivity index (χ3v) is 4.33. The van der Waals surface area contributed by atoms with Crippen LogP contribution in [0.1, 0.15) is 37.9 Å². The van der Waals surface area contributed by atoms with Crippen LogP contribution in [0.3, 0.4) is 0 Å². The zero-order valence-electron chi connectivity index (χ0n) is 14.3. The number of aromatic nitrogens is 1. The molecule has 1 aromatic heterocycles. The monoisotopic (exact) mass is 324 g/mol. The quantitative estimate of drug-likeness (QED) is 0.850. The highest BCUT2D eigenvalue weighted by molar-refractivity contribution is 5.90. The van der Waals surface area contributed by atoms with E-state index < -0.39 is 5.41 Å². The van der Waals surface area contributed by atoms with Gasteiger partial charge in [0.1, 0.15) is 5.75 Å². The van der Waals surface area contributed by atoms with Crippen LogP contribution >= 0.6 is 0 Å². The molecule has 1 heterocycles. The molecule has 1 aromatic carbocycles. The van der Waals surface area contributed by atoms with Crippen LogP contribution in [0.25, 0.3) is 0 Å². The molecule has 1 aliphatic rings. The highest BCUT2D eigenvalue weighted by atomic mass is 16.5. The number of amides is 1. The third kappa shape index (κ3) is 3.75. The van der Waals surface area contributed by atoms with Crippen molar-refractivity contribution >= 4 is 5.91 Å². The molecule has 4 heteroatoms. The first-order valence-corrected chi connectivity index (χ1v) is 8.55. The van der Waals surface area contributed by atoms with E-state index in [9.17, 15) is 4.79 Å². The van der Waals surface area contributed by atoms with Crippen molar-refractivity contribution in [3.63, 3.8) is 0 Å². The van der Waals surface area contributed by atoms with E-state index in [0.29, 0.717) is 6.54 Å². The second-order valence-electron chi connectivity index (χ2n) is 6.61. The van der Waals surface area contributed by atoms with Crippen molar-refractivity contribution < 1.29 is 9.53 Å². The third-order valence-electron chi connectivity index (χ3n) is 4.33. The molecule has 1 amide bonds. The van der Waals surface area contributed by atoms with Crippen LogP contribution in [0.4, 0.5) is 0 Å². The van der Waals surface area contributed by atoms with Gasteiger partial charge in [0, 0.05) is 12.7 Å². The molecule has 0 aliphatic heterocycles. The molecule has 2 aromatic rings. The van der Waals surface area contributed by atoms with Gasteiger partial charge in [0.05, 0.1) is 17.2 Å². The smallest absolute Gasteiger partial charge is 0.232 e. The van der Waals surface area contributed by atoms with Gasteiger partial charge in [0.25, 0.3) is 0 Å². The van der Waals surface area contributed by atoms with Crippen LogP contribution in [0.2, 0.25) is 0 Å². The fourth-order valence-corrected chi connectivity index (χ4v) is 2.87. The predicted molar refractivity (Wildman–Crippen MR) is 94.1 cm³/mol. The fourth-order valence-electron chi connectivity index (χ4n) is 2.87. The number of nitrogens with zero attached hydrogens (tertiary/aromatic N) is 1. The van der Waals surface area contributed by atoms with Crippen LogP contribution in [0, 0.1) is 0 Å². The lowest BCUT2D eigenvalue weighted by molar-refractivity contribution is -0.123. The second-order valence-corrected chi connectivity index (χ2v) is 6.61. The van der Waals surface area contributed by atoms with Crippen LogP contribution in [-0.4, -0.2) is 23.5 Å². The van der Waals surface area contributed by atoms with Crippen LogP contribution in [0.5, 0.6) is 5.75 Å². The summed E-state index contributed by atoms with van der Waals surface area (Å²) in [6, 6.07) is 13.8. The molecule has 1 aliphatic carbocycles. The van der Waals surface area contributed by atoms with Crippen LogP contribution in [-0.2, 0) is 16.6 Å². The zero-order valence-corrected chi connectivity index (χ0v) is 14.3. The SMILES string of the molecule is CC(C)Oc1ccc(CCNC(=O)C2(c3ccccn3)CC2)cc1. The Hall–Kier alpha value is -2.36. The molecule has 0 atom stereocenters. The molecule has 0 saturated heterocycles. The first-order chi connectivity index (χ1) is 11.6. The second kappa shape index (κ2) is 7.04. The van der Waals surface area contributed by atoms with Gasteiger partial charge in [0.15, 0.2) is 0 Å². The number of ether oxygens (including phenoxy) is 1. The largest absolute Gasteiger partial charge is 0.491 e. The molecule has 1 N–H and O–H groups in total. The van der Waals surface area contributed by atoms with Crippen molar-refractivity contribution in [2.24, 2.45) is 0 Å². The Morgan fingerprint density at radius 3 is 2.54 bits per heavy atom. The Labute approximate surface area is 143 Å². The standard InChI is InChI=1S/C20H24N2O2/c1-15(2)24-17-8-6-16(7-9-17)10-14-22-19(23)20(11-12-20)18-5-3-4-13-21-18/h3-9,13,15H,10-12,14H2,1-2H3,(H,22,23). The van der Waals surface area contributed by atoms with Gasteiger partial charge in [-0.05, 0) is 62.9 Å². The van der Waals surface area contributed by atoms with Crippen molar-refractivity contribution in [3.05, 3.63) is 59.9 Å². The topological polar surface area (TPSA) is 51.2 Å². The van der Waals surface area contributed by atoms with Crippen LogP contribution in [0.15, 0.2) is 48.7 Å². The lowest BCUT2D eigenvalue weighted by Crippen LogP contribution is -2.36. The Kier molecular flexibility index (Phi) is 4.84. The number of carbonyl (C=O) groups is 1. The van der Waals surface area contributed by atoms with Crippen molar-refractivity contribution in [1.82, 2.24) is 10.3 Å². The van der Waals surface area contributed by atoms with Gasteiger partial charge < -0.3 is 10.1 Å². The molecular formula is C20H24N2O2. The molecule has 126 valence electrons. The van der Waals surface area contributed by atoms with E-state index in [2.05, 4.69) is 22.4 Å². The molecular weight excluding hydrogens is 300 g/mol. The number of hydrogen-bond acceptors (Lipinski definition) is 3. The van der Waals surface area contributed by atoms with E-state index in [1.54, 1.807) is 6.20 Å². The van der Waals surface area contributed by atoms with Gasteiger partial charge in [0.2, 0.25) is 5.91 Å². The highest BCUT2D eigenvalue weighted by Gasteiger charge is 2.52. The maximum Gasteiger partial charge on any atom is 0.232 e. The summed E-state index contributed by atoms with van der Waals surface area (Å²) in [6.07, 6.45) is 4.51. The lowest BCUT2D eigenvalue weighted by atomic mass is 10.0. The zero-order chi connectivity index (χ0) is 17.0. The fraction of sp³-hybridized carbons (Fsp3) is 0.400. The first kappa shape index (κ1) is 16.5. The molecule has 4 nitrogen and oxygen atoms in total. The van der Waals surface area contributed by atoms with Gasteiger partial charge in [-0.2, -0.15) is 0 Å². The summed E-state index contributed by atoms with van der Waals surface area (Å²) in [6.45, 7) is 4.66. The van der Waals surface area contributed by atoms with E-state index >= 15 is 0 Å². The van der Waals surface area contributed by atoms with E-state index in [4.69, 9.17) is 4.74 Å². The summed E-state index contributed by atoms with van der Waals surface area (Å²) in [5, 5.41) is 3.07. The minimum atomic E-state index is -0.393. The molecule has 1 fully saturated rings. The number of hydrogen-bond donors (Lipinski definition) is 1. The van der Waals surface area contributed by atoms with Gasteiger partial charge in [-0.3, -0.25) is 9.78 Å². The minimum Gasteiger partial charge on any atom is -0.491 e. The van der Waals surface area contributed by atoms with Crippen molar-refractivity contribution in [2.45, 2.75) is 44.6 Å². The van der Waals surface area contributed by atoms with Gasteiger partial charge in [-0.15, -0.1) is 0 Å². The van der Waals surface area contributed by atoms with E-state index in [0.717, 1.165) is 30.7 Å². The average molecular weight is 324 g/mol. The lowest BCUT2D eigenvalue weighted by Gasteiger charge is -2.15. The number of benzene rings is 1.